The summed E-state index contributed by atoms with van der Waals surface area (Å²) in [5, 5.41) is 2.89. The van der Waals surface area contributed by atoms with E-state index >= 15 is 0 Å². The van der Waals surface area contributed by atoms with Gasteiger partial charge in [0.2, 0.25) is 5.91 Å². The highest BCUT2D eigenvalue weighted by atomic mass is 16.5. The summed E-state index contributed by atoms with van der Waals surface area (Å²) in [7, 11) is 4.05. The summed E-state index contributed by atoms with van der Waals surface area (Å²) < 4.78 is 5.84. The van der Waals surface area contributed by atoms with E-state index in [0.29, 0.717) is 12.5 Å². The SMILES string of the molecule is CC(=O)Nc1cc(C)c(OCCN(C)C)cc1C(C)C. The van der Waals surface area contributed by atoms with E-state index in [0.717, 1.165) is 29.1 Å². The van der Waals surface area contributed by atoms with Gasteiger partial charge in [-0.05, 0) is 50.2 Å². The van der Waals surface area contributed by atoms with Crippen molar-refractivity contribution in [3.63, 3.8) is 0 Å². The highest BCUT2D eigenvalue weighted by Crippen LogP contribution is 2.31. The van der Waals surface area contributed by atoms with Crippen LogP contribution in [0.3, 0.4) is 0 Å². The smallest absolute Gasteiger partial charge is 0.221 e. The highest BCUT2D eigenvalue weighted by molar-refractivity contribution is 5.90. The molecule has 0 spiro atoms. The third kappa shape index (κ3) is 4.85. The molecule has 1 amide bonds. The standard InChI is InChI=1S/C16H26N2O2/c1-11(2)14-10-16(20-8-7-18(5)6)12(3)9-15(14)17-13(4)19/h9-11H,7-8H2,1-6H3,(H,17,19). The molecule has 20 heavy (non-hydrogen) atoms. The van der Waals surface area contributed by atoms with Crippen LogP contribution in [-0.4, -0.2) is 38.1 Å². The number of benzene rings is 1. The molecule has 0 atom stereocenters. The van der Waals surface area contributed by atoms with E-state index in [1.54, 1.807) is 0 Å². The number of nitrogens with one attached hydrogen (secondary N) is 1. The number of amides is 1. The van der Waals surface area contributed by atoms with Crippen LogP contribution < -0.4 is 10.1 Å². The monoisotopic (exact) mass is 278 g/mol. The number of aryl methyl sites for hydroxylation is 1. The molecule has 0 aliphatic heterocycles. The Morgan fingerprint density at radius 2 is 2.00 bits per heavy atom. The zero-order valence-electron chi connectivity index (χ0n) is 13.4. The van der Waals surface area contributed by atoms with Gasteiger partial charge in [0.1, 0.15) is 12.4 Å². The van der Waals surface area contributed by atoms with Gasteiger partial charge in [-0.25, -0.2) is 0 Å². The van der Waals surface area contributed by atoms with Gasteiger partial charge in [0.25, 0.3) is 0 Å². The van der Waals surface area contributed by atoms with Gasteiger partial charge in [0.15, 0.2) is 0 Å². The molecule has 0 bridgehead atoms. The Bertz CT molecular complexity index is 468. The molecule has 1 N–H and O–H groups in total. The molecule has 0 saturated carbocycles. The maximum absolute atomic E-state index is 11.3. The van der Waals surface area contributed by atoms with Crippen LogP contribution in [0, 0.1) is 6.92 Å². The number of carbonyl (C=O) groups excluding carboxylic acids is 1. The van der Waals surface area contributed by atoms with Gasteiger partial charge in [0, 0.05) is 19.2 Å². The van der Waals surface area contributed by atoms with Gasteiger partial charge in [0.05, 0.1) is 0 Å². The molecule has 4 nitrogen and oxygen atoms in total. The number of nitrogens with zero attached hydrogens (tertiary/aromatic N) is 1. The molecule has 0 saturated heterocycles. The van der Waals surface area contributed by atoms with Crippen molar-refractivity contribution in [2.75, 3.05) is 32.6 Å². The van der Waals surface area contributed by atoms with Crippen LogP contribution in [0.5, 0.6) is 5.75 Å². The zero-order chi connectivity index (χ0) is 15.3. The lowest BCUT2D eigenvalue weighted by molar-refractivity contribution is -0.114. The van der Waals surface area contributed by atoms with E-state index in [1.807, 2.05) is 33.2 Å². The predicted molar refractivity (Wildman–Crippen MR) is 83.6 cm³/mol. The molecule has 1 aromatic carbocycles. The van der Waals surface area contributed by atoms with Crippen molar-refractivity contribution in [3.05, 3.63) is 23.3 Å². The lowest BCUT2D eigenvalue weighted by atomic mass is 9.98. The number of likely N-dealkylation sites (N-methyl/N-ethyl adjacent to an activating group) is 1. The third-order valence-electron chi connectivity index (χ3n) is 3.08. The van der Waals surface area contributed by atoms with Crippen LogP contribution in [0.25, 0.3) is 0 Å². The second-order valence-corrected chi connectivity index (χ2v) is 5.69. The largest absolute Gasteiger partial charge is 0.492 e. The molecular formula is C16H26N2O2. The number of anilines is 1. The van der Waals surface area contributed by atoms with Crippen LogP contribution in [0.1, 0.15) is 37.8 Å². The quantitative estimate of drug-likeness (QED) is 0.869. The minimum atomic E-state index is -0.0485. The minimum absolute atomic E-state index is 0.0485. The molecule has 0 radical (unpaired) electrons. The number of rotatable bonds is 6. The van der Waals surface area contributed by atoms with Gasteiger partial charge < -0.3 is 15.0 Å². The Balaban J connectivity index is 2.97. The molecule has 112 valence electrons. The first-order valence-corrected chi connectivity index (χ1v) is 7.01. The van der Waals surface area contributed by atoms with Crippen molar-refractivity contribution in [1.29, 1.82) is 0 Å². The van der Waals surface area contributed by atoms with E-state index in [2.05, 4.69) is 24.1 Å². The second-order valence-electron chi connectivity index (χ2n) is 5.69. The Morgan fingerprint density at radius 1 is 1.35 bits per heavy atom. The fourth-order valence-corrected chi connectivity index (χ4v) is 1.97. The number of ether oxygens (including phenoxy) is 1. The van der Waals surface area contributed by atoms with Crippen molar-refractivity contribution in [2.24, 2.45) is 0 Å². The third-order valence-corrected chi connectivity index (χ3v) is 3.08. The number of hydrogen-bond donors (Lipinski definition) is 1. The molecule has 4 heteroatoms. The number of hydrogen-bond acceptors (Lipinski definition) is 3. The van der Waals surface area contributed by atoms with Gasteiger partial charge >= 0.3 is 0 Å². The molecule has 1 rings (SSSR count). The fraction of sp³-hybridized carbons (Fsp3) is 0.562. The summed E-state index contributed by atoms with van der Waals surface area (Å²) in [6.07, 6.45) is 0. The molecule has 1 aromatic rings. The summed E-state index contributed by atoms with van der Waals surface area (Å²) in [4.78, 5) is 13.4. The Morgan fingerprint density at radius 3 is 2.50 bits per heavy atom. The van der Waals surface area contributed by atoms with Crippen LogP contribution in [0.15, 0.2) is 12.1 Å². The van der Waals surface area contributed by atoms with Gasteiger partial charge in [-0.3, -0.25) is 4.79 Å². The van der Waals surface area contributed by atoms with Gasteiger partial charge in [-0.1, -0.05) is 13.8 Å². The molecule has 0 aliphatic carbocycles. The summed E-state index contributed by atoms with van der Waals surface area (Å²) in [6, 6.07) is 4.03. The first-order valence-electron chi connectivity index (χ1n) is 7.01. The Labute approximate surface area is 122 Å². The first-order chi connectivity index (χ1) is 9.31. The molecule has 0 unspecified atom stereocenters. The average Bonchev–Trinajstić information content (AvgIpc) is 2.30. The minimum Gasteiger partial charge on any atom is -0.492 e. The van der Waals surface area contributed by atoms with Crippen molar-refractivity contribution in [1.82, 2.24) is 4.90 Å². The number of carbonyl (C=O) groups is 1. The van der Waals surface area contributed by atoms with Gasteiger partial charge in [-0.15, -0.1) is 0 Å². The normalized spacial score (nSPS) is 11.0. The van der Waals surface area contributed by atoms with Crippen molar-refractivity contribution in [2.45, 2.75) is 33.6 Å². The molecule has 0 aliphatic rings. The second kappa shape index (κ2) is 7.29. The van der Waals surface area contributed by atoms with E-state index in [9.17, 15) is 4.79 Å². The van der Waals surface area contributed by atoms with E-state index in [4.69, 9.17) is 4.74 Å². The summed E-state index contributed by atoms with van der Waals surface area (Å²) in [5.41, 5.74) is 3.02. The zero-order valence-corrected chi connectivity index (χ0v) is 13.4. The molecule has 0 aromatic heterocycles. The highest BCUT2D eigenvalue weighted by Gasteiger charge is 2.12. The summed E-state index contributed by atoms with van der Waals surface area (Å²) in [5.74, 6) is 1.17. The van der Waals surface area contributed by atoms with Crippen LogP contribution in [0.4, 0.5) is 5.69 Å². The Hall–Kier alpha value is -1.55. The van der Waals surface area contributed by atoms with Crippen LogP contribution >= 0.6 is 0 Å². The molecule has 0 heterocycles. The molecule has 0 fully saturated rings. The molecular weight excluding hydrogens is 252 g/mol. The summed E-state index contributed by atoms with van der Waals surface area (Å²) in [6.45, 7) is 9.29. The van der Waals surface area contributed by atoms with E-state index < -0.39 is 0 Å². The van der Waals surface area contributed by atoms with Crippen molar-refractivity contribution >= 4 is 11.6 Å². The summed E-state index contributed by atoms with van der Waals surface area (Å²) >= 11 is 0. The maximum atomic E-state index is 11.3. The van der Waals surface area contributed by atoms with Crippen molar-refractivity contribution < 1.29 is 9.53 Å². The maximum Gasteiger partial charge on any atom is 0.221 e. The topological polar surface area (TPSA) is 41.6 Å². The van der Waals surface area contributed by atoms with E-state index in [-0.39, 0.29) is 5.91 Å². The van der Waals surface area contributed by atoms with E-state index in [1.165, 1.54) is 6.92 Å². The lowest BCUT2D eigenvalue weighted by Crippen LogP contribution is -2.19. The fourth-order valence-electron chi connectivity index (χ4n) is 1.97. The van der Waals surface area contributed by atoms with Crippen LogP contribution in [0.2, 0.25) is 0 Å². The predicted octanol–water partition coefficient (Wildman–Crippen LogP) is 3.02. The average molecular weight is 278 g/mol. The first kappa shape index (κ1) is 16.5. The van der Waals surface area contributed by atoms with Crippen LogP contribution in [-0.2, 0) is 4.79 Å². The van der Waals surface area contributed by atoms with Gasteiger partial charge in [-0.2, -0.15) is 0 Å². The lowest BCUT2D eigenvalue weighted by Gasteiger charge is -2.18. The van der Waals surface area contributed by atoms with Crippen molar-refractivity contribution in [3.8, 4) is 5.75 Å². The Kier molecular flexibility index (Phi) is 6.02.